The Balaban J connectivity index is 1.19. The highest BCUT2D eigenvalue weighted by Crippen LogP contribution is 2.65. The molecule has 0 spiro atoms. The highest BCUT2D eigenvalue weighted by atomic mass is 19.1. The van der Waals surface area contributed by atoms with E-state index in [-0.39, 0.29) is 36.7 Å². The molecule has 2 amide bonds. The number of nitrogens with one attached hydrogen (secondary N) is 1. The minimum atomic E-state index is -0.707. The maximum absolute atomic E-state index is 13.6. The molecule has 2 aliphatic rings. The first-order valence-electron chi connectivity index (χ1n) is 11.7. The Bertz CT molecular complexity index is 1200. The van der Waals surface area contributed by atoms with Crippen LogP contribution in [0, 0.1) is 11.2 Å². The fourth-order valence-electron chi connectivity index (χ4n) is 4.70. The smallest absolute Gasteiger partial charge is 0.240 e. The first-order valence-corrected chi connectivity index (χ1v) is 11.7. The molecule has 7 heteroatoms. The second-order valence-electron chi connectivity index (χ2n) is 8.99. The van der Waals surface area contributed by atoms with Crippen LogP contribution in [0.1, 0.15) is 23.5 Å². The largest absolute Gasteiger partial charge is 0.492 e. The van der Waals surface area contributed by atoms with Gasteiger partial charge in [0.05, 0.1) is 18.6 Å². The number of hydrogen-bond acceptors (Lipinski definition) is 4. The van der Waals surface area contributed by atoms with Gasteiger partial charge in [-0.05, 0) is 47.9 Å². The summed E-state index contributed by atoms with van der Waals surface area (Å²) in [7, 11) is 0. The number of fused-ring (bicyclic) bond motifs is 3. The second kappa shape index (κ2) is 9.88. The standard InChI is InChI=1S/C28H27FN2O4/c29-21-10-12-22(13-11-21)35-19-28-16-24(28)23-8-4-5-9-25(23)31(27(28)33)17-26(32)30-14-15-34-18-20-6-2-1-3-7-20/h1-13,24H,14-19H2,(H,30,32)/t24-,28+/m0/s1. The van der Waals surface area contributed by atoms with Crippen molar-refractivity contribution >= 4 is 17.5 Å². The summed E-state index contributed by atoms with van der Waals surface area (Å²) in [5.41, 5.74) is 2.19. The van der Waals surface area contributed by atoms with E-state index in [9.17, 15) is 14.0 Å². The summed E-state index contributed by atoms with van der Waals surface area (Å²) in [6.45, 7) is 1.33. The van der Waals surface area contributed by atoms with Crippen molar-refractivity contribution in [1.29, 1.82) is 0 Å². The predicted octanol–water partition coefficient (Wildman–Crippen LogP) is 4.06. The van der Waals surface area contributed by atoms with Crippen LogP contribution in [0.15, 0.2) is 78.9 Å². The van der Waals surface area contributed by atoms with Crippen molar-refractivity contribution in [2.45, 2.75) is 18.9 Å². The maximum atomic E-state index is 13.6. The van der Waals surface area contributed by atoms with Crippen LogP contribution in [0.5, 0.6) is 5.75 Å². The third-order valence-corrected chi connectivity index (χ3v) is 6.64. The third-order valence-electron chi connectivity index (χ3n) is 6.64. The summed E-state index contributed by atoms with van der Waals surface area (Å²) in [5.74, 6) is -0.135. The van der Waals surface area contributed by atoms with Gasteiger partial charge in [-0.2, -0.15) is 0 Å². The molecule has 0 aromatic heterocycles. The second-order valence-corrected chi connectivity index (χ2v) is 8.99. The highest BCUT2D eigenvalue weighted by Gasteiger charge is 2.66. The summed E-state index contributed by atoms with van der Waals surface area (Å²) >= 11 is 0. The van der Waals surface area contributed by atoms with Gasteiger partial charge < -0.3 is 19.7 Å². The number of para-hydroxylation sites is 1. The number of benzene rings is 3. The zero-order valence-electron chi connectivity index (χ0n) is 19.3. The van der Waals surface area contributed by atoms with E-state index in [1.807, 2.05) is 54.6 Å². The molecule has 0 bridgehead atoms. The monoisotopic (exact) mass is 474 g/mol. The Morgan fingerprint density at radius 3 is 2.57 bits per heavy atom. The zero-order valence-corrected chi connectivity index (χ0v) is 19.3. The number of ether oxygens (including phenoxy) is 2. The molecule has 180 valence electrons. The minimum Gasteiger partial charge on any atom is -0.492 e. The van der Waals surface area contributed by atoms with E-state index in [4.69, 9.17) is 9.47 Å². The molecule has 0 unspecified atom stereocenters. The van der Waals surface area contributed by atoms with Crippen molar-refractivity contribution in [1.82, 2.24) is 5.32 Å². The number of hydrogen-bond donors (Lipinski definition) is 1. The van der Waals surface area contributed by atoms with Crippen molar-refractivity contribution in [3.8, 4) is 5.75 Å². The van der Waals surface area contributed by atoms with Crippen LogP contribution in [-0.4, -0.2) is 38.1 Å². The van der Waals surface area contributed by atoms with Crippen molar-refractivity contribution < 1.29 is 23.5 Å². The van der Waals surface area contributed by atoms with Crippen LogP contribution in [0.4, 0.5) is 10.1 Å². The summed E-state index contributed by atoms with van der Waals surface area (Å²) in [4.78, 5) is 27.8. The lowest BCUT2D eigenvalue weighted by Crippen LogP contribution is -2.48. The lowest BCUT2D eigenvalue weighted by molar-refractivity contribution is -0.128. The summed E-state index contributed by atoms with van der Waals surface area (Å²) in [6.07, 6.45) is 0.662. The average Bonchev–Trinajstić information content (AvgIpc) is 3.63. The van der Waals surface area contributed by atoms with E-state index < -0.39 is 5.41 Å². The maximum Gasteiger partial charge on any atom is 0.240 e. The molecule has 1 aliphatic heterocycles. The fraction of sp³-hybridized carbons (Fsp3) is 0.286. The molecule has 0 radical (unpaired) electrons. The molecule has 1 heterocycles. The molecule has 5 rings (SSSR count). The number of carbonyl (C=O) groups is 2. The van der Waals surface area contributed by atoms with Gasteiger partial charge in [0.2, 0.25) is 11.8 Å². The van der Waals surface area contributed by atoms with Gasteiger partial charge in [-0.1, -0.05) is 48.5 Å². The Kier molecular flexibility index (Phi) is 6.51. The number of rotatable bonds is 10. The van der Waals surface area contributed by atoms with E-state index in [0.717, 1.165) is 16.8 Å². The van der Waals surface area contributed by atoms with Crippen LogP contribution >= 0.6 is 0 Å². The van der Waals surface area contributed by atoms with Gasteiger partial charge in [0.25, 0.3) is 0 Å². The summed E-state index contributed by atoms with van der Waals surface area (Å²) in [5, 5.41) is 2.85. The van der Waals surface area contributed by atoms with Gasteiger partial charge in [0.1, 0.15) is 24.7 Å². The average molecular weight is 475 g/mol. The van der Waals surface area contributed by atoms with Gasteiger partial charge in [-0.3, -0.25) is 9.59 Å². The third kappa shape index (κ3) is 4.91. The van der Waals surface area contributed by atoms with E-state index in [0.29, 0.717) is 31.9 Å². The van der Waals surface area contributed by atoms with Crippen LogP contribution in [0.3, 0.4) is 0 Å². The quantitative estimate of drug-likeness (QED) is 0.450. The van der Waals surface area contributed by atoms with Gasteiger partial charge in [-0.25, -0.2) is 4.39 Å². The van der Waals surface area contributed by atoms with Crippen molar-refractivity contribution in [2.75, 3.05) is 31.2 Å². The molecule has 3 aromatic carbocycles. The van der Waals surface area contributed by atoms with E-state index >= 15 is 0 Å². The van der Waals surface area contributed by atoms with E-state index in [1.54, 1.807) is 17.0 Å². The van der Waals surface area contributed by atoms with Crippen molar-refractivity contribution in [2.24, 2.45) is 5.41 Å². The van der Waals surface area contributed by atoms with Crippen molar-refractivity contribution in [3.05, 3.63) is 95.8 Å². The Hall–Kier alpha value is -3.71. The highest BCUT2D eigenvalue weighted by molar-refractivity contribution is 6.07. The first-order chi connectivity index (χ1) is 17.1. The molecule has 1 saturated carbocycles. The van der Waals surface area contributed by atoms with Gasteiger partial charge >= 0.3 is 0 Å². The molecule has 0 saturated heterocycles. The normalized spacial score (nSPS) is 20.1. The first kappa shape index (κ1) is 23.1. The minimum absolute atomic E-state index is 0.0531. The van der Waals surface area contributed by atoms with Crippen LogP contribution in [0.25, 0.3) is 0 Å². The molecule has 2 atom stereocenters. The summed E-state index contributed by atoms with van der Waals surface area (Å²) < 4.78 is 24.7. The number of halogens is 1. The lowest BCUT2D eigenvalue weighted by Gasteiger charge is -2.33. The SMILES string of the molecule is O=C(CN1C(=O)[C@@]2(COc3ccc(F)cc3)C[C@H]2c2ccccc21)NCCOCc1ccccc1. The molecular formula is C28H27FN2O4. The fourth-order valence-corrected chi connectivity index (χ4v) is 4.70. The molecule has 1 N–H and O–H groups in total. The van der Waals surface area contributed by atoms with Crippen molar-refractivity contribution in [3.63, 3.8) is 0 Å². The molecule has 35 heavy (non-hydrogen) atoms. The lowest BCUT2D eigenvalue weighted by atomic mass is 9.92. The van der Waals surface area contributed by atoms with Crippen LogP contribution in [0.2, 0.25) is 0 Å². The van der Waals surface area contributed by atoms with E-state index in [2.05, 4.69) is 5.32 Å². The predicted molar refractivity (Wildman–Crippen MR) is 130 cm³/mol. The molecule has 3 aromatic rings. The van der Waals surface area contributed by atoms with Gasteiger partial charge in [-0.15, -0.1) is 0 Å². The molecule has 1 fully saturated rings. The van der Waals surface area contributed by atoms with Crippen LogP contribution in [-0.2, 0) is 20.9 Å². The molecular weight excluding hydrogens is 447 g/mol. The zero-order chi connectivity index (χ0) is 24.3. The molecule has 6 nitrogen and oxygen atoms in total. The van der Waals surface area contributed by atoms with E-state index in [1.165, 1.54) is 12.1 Å². The Morgan fingerprint density at radius 1 is 1.03 bits per heavy atom. The van der Waals surface area contributed by atoms with Gasteiger partial charge in [0, 0.05) is 18.2 Å². The van der Waals surface area contributed by atoms with Crippen LogP contribution < -0.4 is 15.0 Å². The van der Waals surface area contributed by atoms with Gasteiger partial charge in [0.15, 0.2) is 0 Å². The topological polar surface area (TPSA) is 67.9 Å². The number of nitrogens with zero attached hydrogens (tertiary/aromatic N) is 1. The summed E-state index contributed by atoms with van der Waals surface area (Å²) in [6, 6.07) is 23.3. The number of anilines is 1. The Labute approximate surface area is 203 Å². The number of carbonyl (C=O) groups excluding carboxylic acids is 2. The molecule has 1 aliphatic carbocycles. The number of amides is 2. The Morgan fingerprint density at radius 2 is 1.77 bits per heavy atom.